The van der Waals surface area contributed by atoms with Gasteiger partial charge in [0.15, 0.2) is 15.6 Å². The molecule has 1 heterocycles. The second-order valence-corrected chi connectivity index (χ2v) is 10.1. The van der Waals surface area contributed by atoms with Crippen LogP contribution in [0.25, 0.3) is 11.1 Å². The number of benzene rings is 2. The third kappa shape index (κ3) is 4.34. The maximum absolute atomic E-state index is 12.9. The summed E-state index contributed by atoms with van der Waals surface area (Å²) in [6.45, 7) is 1.24. The van der Waals surface area contributed by atoms with Crippen LogP contribution >= 0.6 is 11.6 Å². The van der Waals surface area contributed by atoms with Gasteiger partial charge in [-0.25, -0.2) is 8.42 Å². The zero-order valence-corrected chi connectivity index (χ0v) is 17.5. The van der Waals surface area contributed by atoms with Gasteiger partial charge in [-0.05, 0) is 48.6 Å². The van der Waals surface area contributed by atoms with Crippen LogP contribution in [0.2, 0.25) is 5.02 Å². The van der Waals surface area contributed by atoms with Crippen molar-refractivity contribution in [3.8, 4) is 17.2 Å². The molecule has 152 valence electrons. The molecule has 1 saturated carbocycles. The molecule has 0 bridgehead atoms. The van der Waals surface area contributed by atoms with Gasteiger partial charge in [-0.1, -0.05) is 29.8 Å². The Kier molecular flexibility index (Phi) is 5.67. The minimum Gasteiger partial charge on any atom is -0.348 e. The fraction of sp³-hybridized carbons (Fsp3) is 0.409. The summed E-state index contributed by atoms with van der Waals surface area (Å²) < 4.78 is 37.3. The summed E-state index contributed by atoms with van der Waals surface area (Å²) in [6, 6.07) is 14.0. The monoisotopic (exact) mass is 431 g/mol. The molecule has 2 aliphatic rings. The van der Waals surface area contributed by atoms with Crippen molar-refractivity contribution in [2.24, 2.45) is 5.92 Å². The maximum Gasteiger partial charge on any atom is 0.178 e. The first-order valence-electron chi connectivity index (χ1n) is 9.72. The van der Waals surface area contributed by atoms with E-state index in [2.05, 4.69) is 6.07 Å². The lowest BCUT2D eigenvalue weighted by atomic mass is 9.86. The predicted molar refractivity (Wildman–Crippen MR) is 110 cm³/mol. The van der Waals surface area contributed by atoms with Crippen LogP contribution in [0.4, 0.5) is 0 Å². The fourth-order valence-electron chi connectivity index (χ4n) is 4.12. The molecule has 5 nitrogen and oxygen atoms in total. The van der Waals surface area contributed by atoms with Gasteiger partial charge in [-0.3, -0.25) is 0 Å². The van der Waals surface area contributed by atoms with Crippen LogP contribution < -0.4 is 0 Å². The van der Waals surface area contributed by atoms with Crippen LogP contribution in [0, 0.1) is 17.2 Å². The molecular formula is C22H22ClNO4S. The van der Waals surface area contributed by atoms with Crippen LogP contribution in [-0.2, 0) is 19.3 Å². The summed E-state index contributed by atoms with van der Waals surface area (Å²) in [5.74, 6) is -0.280. The summed E-state index contributed by atoms with van der Waals surface area (Å²) in [5.41, 5.74) is 2.14. The lowest BCUT2D eigenvalue weighted by molar-refractivity contribution is -0.181. The number of sulfone groups is 1. The van der Waals surface area contributed by atoms with E-state index in [9.17, 15) is 8.42 Å². The summed E-state index contributed by atoms with van der Waals surface area (Å²) in [7, 11) is -3.44. The molecule has 1 aliphatic heterocycles. The molecule has 2 aromatic carbocycles. The molecule has 0 atom stereocenters. The zero-order chi connectivity index (χ0) is 20.5. The number of nitriles is 1. The highest BCUT2D eigenvalue weighted by atomic mass is 35.5. The Balaban J connectivity index is 1.47. The van der Waals surface area contributed by atoms with Crippen molar-refractivity contribution >= 4 is 21.4 Å². The molecule has 2 fully saturated rings. The van der Waals surface area contributed by atoms with Crippen molar-refractivity contribution in [3.05, 3.63) is 53.1 Å². The number of nitrogens with zero attached hydrogens (tertiary/aromatic N) is 1. The standard InChI is InChI=1S/C22H22ClNO4S/c23-21-13-19(5-6-20(21)18-3-1-16(14-24)2-4-18)29(25,26)15-17-7-9-22(10-8-17)27-11-12-28-22/h1-6,13,17H,7-12,15H2. The van der Waals surface area contributed by atoms with E-state index in [0.29, 0.717) is 23.8 Å². The van der Waals surface area contributed by atoms with Crippen molar-refractivity contribution in [2.45, 2.75) is 36.4 Å². The Bertz CT molecular complexity index is 1030. The van der Waals surface area contributed by atoms with E-state index in [1.54, 1.807) is 36.4 Å². The molecule has 0 radical (unpaired) electrons. The quantitative estimate of drug-likeness (QED) is 0.707. The van der Waals surface area contributed by atoms with Crippen molar-refractivity contribution in [1.29, 1.82) is 5.26 Å². The van der Waals surface area contributed by atoms with E-state index in [1.807, 2.05) is 0 Å². The van der Waals surface area contributed by atoms with Crippen molar-refractivity contribution in [3.63, 3.8) is 0 Å². The third-order valence-corrected chi connectivity index (χ3v) is 7.96. The van der Waals surface area contributed by atoms with Gasteiger partial charge < -0.3 is 9.47 Å². The number of hydrogen-bond donors (Lipinski definition) is 0. The Hall–Kier alpha value is -1.91. The van der Waals surface area contributed by atoms with Crippen molar-refractivity contribution in [1.82, 2.24) is 0 Å². The molecule has 1 spiro atoms. The highest BCUT2D eigenvalue weighted by Crippen LogP contribution is 2.39. The molecule has 0 N–H and O–H groups in total. The summed E-state index contributed by atoms with van der Waals surface area (Å²) >= 11 is 6.41. The summed E-state index contributed by atoms with van der Waals surface area (Å²) in [6.07, 6.45) is 3.03. The Morgan fingerprint density at radius 3 is 2.31 bits per heavy atom. The van der Waals surface area contributed by atoms with Crippen molar-refractivity contribution in [2.75, 3.05) is 19.0 Å². The van der Waals surface area contributed by atoms with Crippen molar-refractivity contribution < 1.29 is 17.9 Å². The molecule has 0 amide bonds. The number of halogens is 1. The number of ether oxygens (including phenoxy) is 2. The minimum atomic E-state index is -3.44. The molecule has 0 aromatic heterocycles. The third-order valence-electron chi connectivity index (χ3n) is 5.76. The first-order chi connectivity index (χ1) is 13.9. The molecular weight excluding hydrogens is 410 g/mol. The molecule has 7 heteroatoms. The molecule has 2 aromatic rings. The molecule has 29 heavy (non-hydrogen) atoms. The topological polar surface area (TPSA) is 76.4 Å². The van der Waals surface area contributed by atoms with E-state index >= 15 is 0 Å². The van der Waals surface area contributed by atoms with Crippen LogP contribution in [0.3, 0.4) is 0 Å². The zero-order valence-electron chi connectivity index (χ0n) is 15.9. The van der Waals surface area contributed by atoms with E-state index in [0.717, 1.165) is 36.8 Å². The van der Waals surface area contributed by atoms with Crippen LogP contribution in [-0.4, -0.2) is 33.2 Å². The summed E-state index contributed by atoms with van der Waals surface area (Å²) in [5, 5.41) is 9.30. The van der Waals surface area contributed by atoms with E-state index in [4.69, 9.17) is 26.3 Å². The first-order valence-corrected chi connectivity index (χ1v) is 11.7. The predicted octanol–water partition coefficient (Wildman–Crippen LogP) is 4.59. The first kappa shape index (κ1) is 20.4. The van der Waals surface area contributed by atoms with Gasteiger partial charge in [0.1, 0.15) is 0 Å². The van der Waals surface area contributed by atoms with Crippen LogP contribution in [0.5, 0.6) is 0 Å². The molecule has 0 unspecified atom stereocenters. The highest BCUT2D eigenvalue weighted by Gasteiger charge is 2.41. The van der Waals surface area contributed by atoms with E-state index in [1.165, 1.54) is 6.07 Å². The van der Waals surface area contributed by atoms with Gasteiger partial charge in [-0.15, -0.1) is 0 Å². The fourth-order valence-corrected chi connectivity index (χ4v) is 6.20. The second-order valence-electron chi connectivity index (χ2n) is 7.66. The highest BCUT2D eigenvalue weighted by molar-refractivity contribution is 7.91. The minimum absolute atomic E-state index is 0.0930. The number of hydrogen-bond acceptors (Lipinski definition) is 5. The average molecular weight is 432 g/mol. The van der Waals surface area contributed by atoms with Gasteiger partial charge in [-0.2, -0.15) is 5.26 Å². The Labute approximate surface area is 176 Å². The molecule has 1 aliphatic carbocycles. The van der Waals surface area contributed by atoms with E-state index in [-0.39, 0.29) is 16.6 Å². The molecule has 4 rings (SSSR count). The Morgan fingerprint density at radius 1 is 1.07 bits per heavy atom. The SMILES string of the molecule is N#Cc1ccc(-c2ccc(S(=O)(=O)CC3CCC4(CC3)OCCO4)cc2Cl)cc1. The van der Waals surface area contributed by atoms with Crippen LogP contribution in [0.1, 0.15) is 31.2 Å². The number of rotatable bonds is 4. The van der Waals surface area contributed by atoms with Gasteiger partial charge in [0, 0.05) is 23.4 Å². The van der Waals surface area contributed by atoms with E-state index < -0.39 is 15.6 Å². The van der Waals surface area contributed by atoms with Gasteiger partial charge in [0.25, 0.3) is 0 Å². The normalized spacial score (nSPS) is 19.3. The average Bonchev–Trinajstić information content (AvgIpc) is 3.18. The molecule has 1 saturated heterocycles. The Morgan fingerprint density at radius 2 is 1.72 bits per heavy atom. The van der Waals surface area contributed by atoms with Gasteiger partial charge in [0.2, 0.25) is 0 Å². The lowest BCUT2D eigenvalue weighted by Crippen LogP contribution is -2.36. The second kappa shape index (κ2) is 8.08. The van der Waals surface area contributed by atoms with Crippen LogP contribution in [0.15, 0.2) is 47.4 Å². The maximum atomic E-state index is 12.9. The van der Waals surface area contributed by atoms with Gasteiger partial charge >= 0.3 is 0 Å². The summed E-state index contributed by atoms with van der Waals surface area (Å²) in [4.78, 5) is 0.244. The van der Waals surface area contributed by atoms with Gasteiger partial charge in [0.05, 0.1) is 35.5 Å². The largest absolute Gasteiger partial charge is 0.348 e. The lowest BCUT2D eigenvalue weighted by Gasteiger charge is -2.35. The smallest absolute Gasteiger partial charge is 0.178 e.